The van der Waals surface area contributed by atoms with Gasteiger partial charge < -0.3 is 24.4 Å². The van der Waals surface area contributed by atoms with Crippen molar-refractivity contribution in [3.63, 3.8) is 0 Å². The van der Waals surface area contributed by atoms with Crippen molar-refractivity contribution >= 4 is 35.1 Å². The SMILES string of the molecule is C=CCCOC(=O)[C@@H]1[C@H]2C(=O)N(CCCCO)C(C(=O)N(CC=C)c3ccccc3Cl)C23CC[C@@]1(CC)O3. The fourth-order valence-corrected chi connectivity index (χ4v) is 6.82. The van der Waals surface area contributed by atoms with Gasteiger partial charge in [0.15, 0.2) is 0 Å². The predicted octanol–water partition coefficient (Wildman–Crippen LogP) is 3.91. The van der Waals surface area contributed by atoms with Gasteiger partial charge in [-0.05, 0) is 50.7 Å². The van der Waals surface area contributed by atoms with Crippen molar-refractivity contribution in [2.75, 3.05) is 31.2 Å². The van der Waals surface area contributed by atoms with Crippen molar-refractivity contribution in [1.29, 1.82) is 0 Å². The number of fused-ring (bicyclic) bond motifs is 1. The van der Waals surface area contributed by atoms with Crippen LogP contribution >= 0.6 is 11.6 Å². The largest absolute Gasteiger partial charge is 0.465 e. The number of halogens is 1. The van der Waals surface area contributed by atoms with Gasteiger partial charge in [-0.1, -0.05) is 42.8 Å². The molecule has 0 radical (unpaired) electrons. The maximum atomic E-state index is 14.5. The molecule has 5 atom stereocenters. The second kappa shape index (κ2) is 11.6. The molecule has 3 heterocycles. The number of nitrogens with zero attached hydrogens (tertiary/aromatic N) is 2. The molecule has 3 aliphatic heterocycles. The second-order valence-corrected chi connectivity index (χ2v) is 10.6. The highest BCUT2D eigenvalue weighted by Crippen LogP contribution is 2.64. The molecule has 2 unspecified atom stereocenters. The number of likely N-dealkylation sites (tertiary alicyclic amines) is 1. The van der Waals surface area contributed by atoms with Crippen LogP contribution in [-0.2, 0) is 23.9 Å². The first-order valence-corrected chi connectivity index (χ1v) is 13.8. The Bertz CT molecular complexity index is 1090. The lowest BCUT2D eigenvalue weighted by molar-refractivity contribution is -0.160. The number of carbonyl (C=O) groups excluding carboxylic acids is 3. The van der Waals surface area contributed by atoms with Crippen molar-refractivity contribution in [3.05, 3.63) is 54.6 Å². The third-order valence-corrected chi connectivity index (χ3v) is 8.58. The molecule has 0 aromatic heterocycles. The van der Waals surface area contributed by atoms with Crippen LogP contribution in [0, 0.1) is 11.8 Å². The average molecular weight is 545 g/mol. The molecule has 4 rings (SSSR count). The molecule has 9 heteroatoms. The summed E-state index contributed by atoms with van der Waals surface area (Å²) in [5, 5.41) is 9.77. The second-order valence-electron chi connectivity index (χ2n) is 10.2. The first-order valence-electron chi connectivity index (χ1n) is 13.4. The normalized spacial score (nSPS) is 29.3. The van der Waals surface area contributed by atoms with E-state index in [-0.39, 0.29) is 38.1 Å². The van der Waals surface area contributed by atoms with Crippen LogP contribution in [0.3, 0.4) is 0 Å². The van der Waals surface area contributed by atoms with Crippen LogP contribution in [0.4, 0.5) is 5.69 Å². The Kier molecular flexibility index (Phi) is 8.65. The van der Waals surface area contributed by atoms with Gasteiger partial charge in [0, 0.05) is 19.7 Å². The van der Waals surface area contributed by atoms with Crippen LogP contribution in [0.2, 0.25) is 5.02 Å². The monoisotopic (exact) mass is 544 g/mol. The minimum absolute atomic E-state index is 0.0227. The Morgan fingerprint density at radius 2 is 2.03 bits per heavy atom. The van der Waals surface area contributed by atoms with E-state index in [0.717, 1.165) is 0 Å². The highest BCUT2D eigenvalue weighted by molar-refractivity contribution is 6.34. The molecular formula is C29H37ClN2O6. The molecule has 1 spiro atoms. The van der Waals surface area contributed by atoms with Crippen molar-refractivity contribution in [2.24, 2.45) is 11.8 Å². The molecule has 38 heavy (non-hydrogen) atoms. The van der Waals surface area contributed by atoms with E-state index in [1.165, 1.54) is 4.90 Å². The minimum atomic E-state index is -1.16. The molecular weight excluding hydrogens is 508 g/mol. The molecule has 0 saturated carbocycles. The van der Waals surface area contributed by atoms with Gasteiger partial charge in [-0.25, -0.2) is 0 Å². The fourth-order valence-electron chi connectivity index (χ4n) is 6.58. The van der Waals surface area contributed by atoms with Crippen molar-refractivity contribution < 1.29 is 29.0 Å². The molecule has 3 saturated heterocycles. The number of hydrogen-bond donors (Lipinski definition) is 1. The van der Waals surface area contributed by atoms with Crippen molar-refractivity contribution in [1.82, 2.24) is 4.90 Å². The van der Waals surface area contributed by atoms with E-state index in [4.69, 9.17) is 21.1 Å². The van der Waals surface area contributed by atoms with Gasteiger partial charge in [0.2, 0.25) is 5.91 Å². The van der Waals surface area contributed by atoms with Gasteiger partial charge >= 0.3 is 5.97 Å². The average Bonchev–Trinajstić information content (AvgIpc) is 3.51. The molecule has 2 bridgehead atoms. The number of esters is 1. The fraction of sp³-hybridized carbons (Fsp3) is 0.552. The zero-order chi connectivity index (χ0) is 27.5. The summed E-state index contributed by atoms with van der Waals surface area (Å²) in [6, 6.07) is 6.09. The smallest absolute Gasteiger partial charge is 0.312 e. The standard InChI is InChI=1S/C29H37ClN2O6/c1-4-7-19-37-27(36)23-22-25(34)32(17-10-11-18-33)24(29(22)15-14-28(23,6-3)38-29)26(35)31(16-5-2)21-13-9-8-12-20(21)30/h4-5,8-9,12-13,22-24,33H,1-2,6-7,10-11,14-19H2,3H3/t22-,23-,24?,28+,29?/m0/s1. The summed E-state index contributed by atoms with van der Waals surface area (Å²) >= 11 is 6.49. The highest BCUT2D eigenvalue weighted by atomic mass is 35.5. The molecule has 8 nitrogen and oxygen atoms in total. The number of aliphatic hydroxyl groups excluding tert-OH is 1. The number of carbonyl (C=O) groups is 3. The summed E-state index contributed by atoms with van der Waals surface area (Å²) in [4.78, 5) is 45.1. The predicted molar refractivity (Wildman–Crippen MR) is 145 cm³/mol. The first-order chi connectivity index (χ1) is 18.3. The molecule has 1 aromatic carbocycles. The topological polar surface area (TPSA) is 96.4 Å². The maximum absolute atomic E-state index is 14.5. The van der Waals surface area contributed by atoms with Gasteiger partial charge in [0.1, 0.15) is 17.6 Å². The van der Waals surface area contributed by atoms with Crippen LogP contribution in [0.25, 0.3) is 0 Å². The van der Waals surface area contributed by atoms with E-state index < -0.39 is 35.0 Å². The summed E-state index contributed by atoms with van der Waals surface area (Å²) in [6.07, 6.45) is 6.33. The zero-order valence-electron chi connectivity index (χ0n) is 21.9. The highest BCUT2D eigenvalue weighted by Gasteiger charge is 2.79. The number of anilines is 1. The molecule has 1 aromatic rings. The van der Waals surface area contributed by atoms with E-state index in [1.54, 1.807) is 41.3 Å². The minimum Gasteiger partial charge on any atom is -0.465 e. The van der Waals surface area contributed by atoms with Crippen LogP contribution in [-0.4, -0.2) is 71.3 Å². The lowest BCUT2D eigenvalue weighted by Gasteiger charge is -2.37. The number of rotatable bonds is 13. The Morgan fingerprint density at radius 3 is 2.68 bits per heavy atom. The maximum Gasteiger partial charge on any atom is 0.312 e. The third kappa shape index (κ3) is 4.56. The number of ether oxygens (including phenoxy) is 2. The summed E-state index contributed by atoms with van der Waals surface area (Å²) in [7, 11) is 0. The Hall–Kier alpha value is -2.68. The quantitative estimate of drug-likeness (QED) is 0.230. The van der Waals surface area contributed by atoms with E-state index in [2.05, 4.69) is 13.2 Å². The molecule has 206 valence electrons. The summed E-state index contributed by atoms with van der Waals surface area (Å²) in [6.45, 7) is 10.0. The Labute approximate surface area is 229 Å². The third-order valence-electron chi connectivity index (χ3n) is 8.26. The number of aliphatic hydroxyl groups is 1. The summed E-state index contributed by atoms with van der Waals surface area (Å²) in [5.41, 5.74) is -1.51. The number of unbranched alkanes of at least 4 members (excludes halogenated alkanes) is 1. The van der Waals surface area contributed by atoms with Crippen LogP contribution in [0.5, 0.6) is 0 Å². The van der Waals surface area contributed by atoms with Crippen molar-refractivity contribution in [2.45, 2.75) is 62.7 Å². The van der Waals surface area contributed by atoms with Gasteiger partial charge in [0.25, 0.3) is 5.91 Å². The number of para-hydroxylation sites is 1. The number of hydrogen-bond acceptors (Lipinski definition) is 6. The van der Waals surface area contributed by atoms with Gasteiger partial charge in [0.05, 0.1) is 28.8 Å². The van der Waals surface area contributed by atoms with Crippen molar-refractivity contribution in [3.8, 4) is 0 Å². The molecule has 0 aliphatic carbocycles. The number of amides is 2. The summed E-state index contributed by atoms with van der Waals surface area (Å²) in [5.74, 6) is -2.70. The zero-order valence-corrected chi connectivity index (χ0v) is 22.7. The number of benzene rings is 1. The Morgan fingerprint density at radius 1 is 1.26 bits per heavy atom. The molecule has 3 aliphatic rings. The van der Waals surface area contributed by atoms with Gasteiger partial charge in [-0.15, -0.1) is 13.2 Å². The first kappa shape index (κ1) is 28.3. The van der Waals surface area contributed by atoms with E-state index in [1.807, 2.05) is 6.92 Å². The molecule has 2 amide bonds. The van der Waals surface area contributed by atoms with Gasteiger partial charge in [-0.3, -0.25) is 14.4 Å². The van der Waals surface area contributed by atoms with Gasteiger partial charge in [-0.2, -0.15) is 0 Å². The summed E-state index contributed by atoms with van der Waals surface area (Å²) < 4.78 is 12.3. The van der Waals surface area contributed by atoms with Crippen LogP contribution < -0.4 is 4.90 Å². The van der Waals surface area contributed by atoms with Crippen LogP contribution in [0.15, 0.2) is 49.6 Å². The lowest BCUT2D eigenvalue weighted by Crippen LogP contribution is -2.56. The molecule has 3 fully saturated rings. The Balaban J connectivity index is 1.78. The van der Waals surface area contributed by atoms with E-state index in [0.29, 0.717) is 49.2 Å². The van der Waals surface area contributed by atoms with E-state index >= 15 is 0 Å². The molecule has 1 N–H and O–H groups in total. The van der Waals surface area contributed by atoms with E-state index in [9.17, 15) is 19.5 Å². The lowest BCUT2D eigenvalue weighted by atomic mass is 9.65. The van der Waals surface area contributed by atoms with Crippen LogP contribution in [0.1, 0.15) is 45.4 Å².